The van der Waals surface area contributed by atoms with Crippen LogP contribution in [-0.2, 0) is 9.47 Å². The van der Waals surface area contributed by atoms with Crippen molar-refractivity contribution in [3.05, 3.63) is 0 Å². The molecule has 0 aromatic carbocycles. The molecule has 0 amide bonds. The van der Waals surface area contributed by atoms with Gasteiger partial charge in [0.15, 0.2) is 0 Å². The fraction of sp³-hybridized carbons (Fsp3) is 1.00. The van der Waals surface area contributed by atoms with Crippen LogP contribution in [0.15, 0.2) is 0 Å². The third-order valence-corrected chi connectivity index (χ3v) is 4.55. The summed E-state index contributed by atoms with van der Waals surface area (Å²) < 4.78 is 11.7. The van der Waals surface area contributed by atoms with E-state index in [-0.39, 0.29) is 5.60 Å². The highest BCUT2D eigenvalue weighted by molar-refractivity contribution is 4.96. The van der Waals surface area contributed by atoms with Gasteiger partial charge in [0.1, 0.15) is 0 Å². The molecule has 1 saturated carbocycles. The summed E-state index contributed by atoms with van der Waals surface area (Å²) in [6.07, 6.45) is 7.61. The fourth-order valence-electron chi connectivity index (χ4n) is 3.26. The minimum absolute atomic E-state index is 0.0251. The largest absolute Gasteiger partial charge is 0.381 e. The molecule has 3 nitrogen and oxygen atoms in total. The zero-order chi connectivity index (χ0) is 12.1. The molecule has 1 aliphatic carbocycles. The van der Waals surface area contributed by atoms with Gasteiger partial charge >= 0.3 is 0 Å². The lowest BCUT2D eigenvalue weighted by Gasteiger charge is -2.45. The first-order valence-electron chi connectivity index (χ1n) is 7.19. The van der Waals surface area contributed by atoms with Crippen LogP contribution in [0.4, 0.5) is 0 Å². The van der Waals surface area contributed by atoms with Crippen LogP contribution in [0.25, 0.3) is 0 Å². The van der Waals surface area contributed by atoms with Crippen LogP contribution in [0.1, 0.15) is 45.4 Å². The number of hydrogen-bond acceptors (Lipinski definition) is 3. The van der Waals surface area contributed by atoms with Gasteiger partial charge in [-0.1, -0.05) is 19.3 Å². The van der Waals surface area contributed by atoms with Gasteiger partial charge in [-0.2, -0.15) is 0 Å². The van der Waals surface area contributed by atoms with Crippen LogP contribution in [-0.4, -0.2) is 38.5 Å². The number of rotatable bonds is 6. The molecule has 0 radical (unpaired) electrons. The zero-order valence-electron chi connectivity index (χ0n) is 11.3. The van der Waals surface area contributed by atoms with E-state index in [1.54, 1.807) is 0 Å². The van der Waals surface area contributed by atoms with Crippen LogP contribution < -0.4 is 5.32 Å². The van der Waals surface area contributed by atoms with Gasteiger partial charge in [-0.3, -0.25) is 0 Å². The van der Waals surface area contributed by atoms with Crippen LogP contribution >= 0.6 is 0 Å². The summed E-state index contributed by atoms with van der Waals surface area (Å²) >= 11 is 0. The molecule has 1 N–H and O–H groups in total. The predicted molar refractivity (Wildman–Crippen MR) is 69.2 cm³/mol. The van der Waals surface area contributed by atoms with Gasteiger partial charge in [0.25, 0.3) is 0 Å². The Hall–Kier alpha value is -0.120. The van der Waals surface area contributed by atoms with Crippen molar-refractivity contribution in [1.29, 1.82) is 0 Å². The first-order valence-corrected chi connectivity index (χ1v) is 7.19. The second-order valence-corrected chi connectivity index (χ2v) is 5.48. The summed E-state index contributed by atoms with van der Waals surface area (Å²) in [6.45, 7) is 4.61. The van der Waals surface area contributed by atoms with Crippen LogP contribution in [0, 0.1) is 5.92 Å². The van der Waals surface area contributed by atoms with E-state index in [9.17, 15) is 0 Å². The zero-order valence-corrected chi connectivity index (χ0v) is 11.3. The Balaban J connectivity index is 1.99. The molecule has 1 aliphatic heterocycles. The van der Waals surface area contributed by atoms with Crippen LogP contribution in [0.3, 0.4) is 0 Å². The van der Waals surface area contributed by atoms with Gasteiger partial charge in [-0.15, -0.1) is 0 Å². The molecule has 0 aromatic heterocycles. The van der Waals surface area contributed by atoms with E-state index in [2.05, 4.69) is 19.3 Å². The number of nitrogens with one attached hydrogen (secondary N) is 1. The summed E-state index contributed by atoms with van der Waals surface area (Å²) in [5.74, 6) is 0.924. The molecular formula is C14H27NO2. The van der Waals surface area contributed by atoms with Crippen molar-refractivity contribution in [3.63, 3.8) is 0 Å². The minimum Gasteiger partial charge on any atom is -0.381 e. The Morgan fingerprint density at radius 1 is 1.35 bits per heavy atom. The molecule has 1 saturated heterocycles. The Bertz CT molecular complexity index is 217. The number of likely N-dealkylation sites (N-methyl/N-ethyl adjacent to an activating group) is 1. The monoisotopic (exact) mass is 241 g/mol. The Morgan fingerprint density at radius 2 is 2.06 bits per heavy atom. The lowest BCUT2D eigenvalue weighted by Crippen LogP contribution is -2.55. The van der Waals surface area contributed by atoms with Gasteiger partial charge in [0.2, 0.25) is 0 Å². The maximum atomic E-state index is 6.15. The van der Waals surface area contributed by atoms with E-state index < -0.39 is 0 Å². The van der Waals surface area contributed by atoms with Gasteiger partial charge < -0.3 is 14.8 Å². The maximum absolute atomic E-state index is 6.15. The molecule has 3 heteroatoms. The highest BCUT2D eigenvalue weighted by atomic mass is 16.5. The Kier molecular flexibility index (Phi) is 4.83. The standard InChI is InChI=1S/C14H27NO2/c1-3-17-14(7-9-16-10-8-14)13(15-2)11-12-5-4-6-12/h12-13,15H,3-11H2,1-2H3. The second kappa shape index (κ2) is 6.17. The first kappa shape index (κ1) is 13.3. The van der Waals surface area contributed by atoms with Crippen molar-refractivity contribution >= 4 is 0 Å². The average Bonchev–Trinajstić information content (AvgIpc) is 2.29. The first-order chi connectivity index (χ1) is 8.30. The van der Waals surface area contributed by atoms with Gasteiger partial charge in [0, 0.05) is 38.7 Å². The lowest BCUT2D eigenvalue weighted by molar-refractivity contribution is -0.130. The third kappa shape index (κ3) is 3.01. The molecule has 17 heavy (non-hydrogen) atoms. The molecule has 0 bridgehead atoms. The Morgan fingerprint density at radius 3 is 2.53 bits per heavy atom. The topological polar surface area (TPSA) is 30.5 Å². The van der Waals surface area contributed by atoms with E-state index in [1.807, 2.05) is 0 Å². The summed E-state index contributed by atoms with van der Waals surface area (Å²) in [7, 11) is 2.08. The SMILES string of the molecule is CCOC1(C(CC2CCC2)NC)CCOCC1. The van der Waals surface area contributed by atoms with Gasteiger partial charge in [0.05, 0.1) is 5.60 Å². The van der Waals surface area contributed by atoms with Gasteiger partial charge in [-0.25, -0.2) is 0 Å². The molecule has 1 unspecified atom stereocenters. The van der Waals surface area contributed by atoms with E-state index in [4.69, 9.17) is 9.47 Å². The molecule has 100 valence electrons. The highest BCUT2D eigenvalue weighted by Crippen LogP contribution is 2.37. The summed E-state index contributed by atoms with van der Waals surface area (Å²) in [6, 6.07) is 0.497. The van der Waals surface area contributed by atoms with Crippen molar-refractivity contribution in [3.8, 4) is 0 Å². The highest BCUT2D eigenvalue weighted by Gasteiger charge is 2.41. The molecular weight excluding hydrogens is 214 g/mol. The van der Waals surface area contributed by atoms with Gasteiger partial charge in [-0.05, 0) is 26.3 Å². The summed E-state index contributed by atoms with van der Waals surface area (Å²) in [4.78, 5) is 0. The summed E-state index contributed by atoms with van der Waals surface area (Å²) in [5.41, 5.74) is 0.0251. The fourth-order valence-corrected chi connectivity index (χ4v) is 3.26. The number of ether oxygens (including phenoxy) is 2. The van der Waals surface area contributed by atoms with E-state index in [1.165, 1.54) is 25.7 Å². The smallest absolute Gasteiger partial charge is 0.0878 e. The molecule has 2 fully saturated rings. The van der Waals surface area contributed by atoms with Crippen LogP contribution in [0.5, 0.6) is 0 Å². The normalized spacial score (nSPS) is 26.5. The van der Waals surface area contributed by atoms with Crippen molar-refractivity contribution in [2.24, 2.45) is 5.92 Å². The third-order valence-electron chi connectivity index (χ3n) is 4.55. The van der Waals surface area contributed by atoms with Crippen molar-refractivity contribution in [1.82, 2.24) is 5.32 Å². The molecule has 0 spiro atoms. The van der Waals surface area contributed by atoms with Crippen molar-refractivity contribution in [2.75, 3.05) is 26.9 Å². The molecule has 1 heterocycles. The average molecular weight is 241 g/mol. The lowest BCUT2D eigenvalue weighted by atomic mass is 9.75. The molecule has 1 atom stereocenters. The van der Waals surface area contributed by atoms with E-state index >= 15 is 0 Å². The van der Waals surface area contributed by atoms with E-state index in [0.717, 1.165) is 38.6 Å². The second-order valence-electron chi connectivity index (χ2n) is 5.48. The quantitative estimate of drug-likeness (QED) is 0.774. The summed E-state index contributed by atoms with van der Waals surface area (Å²) in [5, 5.41) is 3.52. The number of hydrogen-bond donors (Lipinski definition) is 1. The van der Waals surface area contributed by atoms with Crippen LogP contribution in [0.2, 0.25) is 0 Å². The predicted octanol–water partition coefficient (Wildman–Crippen LogP) is 2.35. The molecule has 2 rings (SSSR count). The minimum atomic E-state index is 0.0251. The maximum Gasteiger partial charge on any atom is 0.0878 e. The van der Waals surface area contributed by atoms with Crippen molar-refractivity contribution in [2.45, 2.75) is 57.1 Å². The van der Waals surface area contributed by atoms with E-state index in [0.29, 0.717) is 6.04 Å². The Labute approximate surface area is 105 Å². The molecule has 0 aromatic rings. The molecule has 2 aliphatic rings. The van der Waals surface area contributed by atoms with Crippen molar-refractivity contribution < 1.29 is 9.47 Å².